The largest absolute Gasteiger partial charge is 0.346 e. The van der Waals surface area contributed by atoms with E-state index in [4.69, 9.17) is 12.2 Å². The average Bonchev–Trinajstić information content (AvgIpc) is 3.18. The van der Waals surface area contributed by atoms with E-state index in [1.54, 1.807) is 0 Å². The van der Waals surface area contributed by atoms with Crippen molar-refractivity contribution >= 4 is 23.0 Å². The fraction of sp³-hybridized carbons (Fsp3) is 0.318. The molecule has 6 nitrogen and oxygen atoms in total. The molecule has 4 rings (SSSR count). The zero-order valence-corrected chi connectivity index (χ0v) is 17.5. The minimum Gasteiger partial charge on any atom is -0.346 e. The molecule has 1 aliphatic heterocycles. The molecule has 3 heterocycles. The Morgan fingerprint density at radius 1 is 1.00 bits per heavy atom. The van der Waals surface area contributed by atoms with Gasteiger partial charge in [-0.15, -0.1) is 0 Å². The highest BCUT2D eigenvalue weighted by atomic mass is 32.1. The summed E-state index contributed by atoms with van der Waals surface area (Å²) < 4.78 is 1.93. The highest BCUT2D eigenvalue weighted by molar-refractivity contribution is 7.80. The Bertz CT molecular complexity index is 929. The molecule has 3 aromatic rings. The van der Waals surface area contributed by atoms with E-state index in [-0.39, 0.29) is 0 Å². The molecule has 0 amide bonds. The molecule has 2 aromatic heterocycles. The minimum absolute atomic E-state index is 0.752. The second kappa shape index (κ2) is 9.15. The van der Waals surface area contributed by atoms with Crippen LogP contribution in [0.2, 0.25) is 0 Å². The molecule has 1 fully saturated rings. The molecule has 0 spiro atoms. The third-order valence-electron chi connectivity index (χ3n) is 5.14. The summed E-state index contributed by atoms with van der Waals surface area (Å²) in [5.74, 6) is 0. The monoisotopic (exact) mass is 406 g/mol. The van der Waals surface area contributed by atoms with Crippen molar-refractivity contribution in [2.24, 2.45) is 0 Å². The van der Waals surface area contributed by atoms with Crippen molar-refractivity contribution in [1.29, 1.82) is 0 Å². The molecule has 150 valence electrons. The number of thiocarbonyl (C=S) groups is 1. The molecular weight excluding hydrogens is 380 g/mol. The van der Waals surface area contributed by atoms with Crippen LogP contribution in [0.15, 0.2) is 61.2 Å². The normalized spacial score (nSPS) is 14.7. The molecule has 1 N–H and O–H groups in total. The first-order valence-corrected chi connectivity index (χ1v) is 10.3. The predicted octanol–water partition coefficient (Wildman–Crippen LogP) is 3.15. The topological polar surface area (TPSA) is 49.2 Å². The summed E-state index contributed by atoms with van der Waals surface area (Å²) >= 11 is 5.63. The maximum atomic E-state index is 5.63. The second-order valence-electron chi connectivity index (χ2n) is 7.47. The SMILES string of the molecule is Cc1ccc(Cn2cc(NC(=S)N3CCN(Cc4cccnc4)CC3)cn2)cc1. The number of hydrogen-bond donors (Lipinski definition) is 1. The number of rotatable bonds is 5. The van der Waals surface area contributed by atoms with Crippen LogP contribution in [0, 0.1) is 6.92 Å². The van der Waals surface area contributed by atoms with Gasteiger partial charge in [-0.3, -0.25) is 14.6 Å². The minimum atomic E-state index is 0.752. The van der Waals surface area contributed by atoms with Crippen LogP contribution in [-0.2, 0) is 13.1 Å². The van der Waals surface area contributed by atoms with E-state index in [0.717, 1.165) is 50.1 Å². The number of aryl methyl sites for hydroxylation is 1. The van der Waals surface area contributed by atoms with Crippen LogP contribution in [0.1, 0.15) is 16.7 Å². The summed E-state index contributed by atoms with van der Waals surface area (Å²) in [7, 11) is 0. The molecule has 0 bridgehead atoms. The fourth-order valence-electron chi connectivity index (χ4n) is 3.46. The summed E-state index contributed by atoms with van der Waals surface area (Å²) in [4.78, 5) is 8.87. The number of benzene rings is 1. The molecule has 29 heavy (non-hydrogen) atoms. The average molecular weight is 407 g/mol. The molecular formula is C22H26N6S. The third-order valence-corrected chi connectivity index (χ3v) is 5.50. The van der Waals surface area contributed by atoms with Crippen molar-refractivity contribution in [2.45, 2.75) is 20.0 Å². The lowest BCUT2D eigenvalue weighted by Crippen LogP contribution is -2.49. The maximum absolute atomic E-state index is 5.63. The number of hydrogen-bond acceptors (Lipinski definition) is 4. The molecule has 0 unspecified atom stereocenters. The van der Waals surface area contributed by atoms with Crippen LogP contribution in [0.3, 0.4) is 0 Å². The van der Waals surface area contributed by atoms with Gasteiger partial charge in [-0.05, 0) is 36.3 Å². The number of aromatic nitrogens is 3. The van der Waals surface area contributed by atoms with Gasteiger partial charge in [0.25, 0.3) is 0 Å². The van der Waals surface area contributed by atoms with Gasteiger partial charge in [0.1, 0.15) is 0 Å². The third kappa shape index (κ3) is 5.40. The number of pyridine rings is 1. The Balaban J connectivity index is 1.26. The maximum Gasteiger partial charge on any atom is 0.173 e. The summed E-state index contributed by atoms with van der Waals surface area (Å²) in [6, 6.07) is 12.6. The quantitative estimate of drug-likeness (QED) is 0.657. The highest BCUT2D eigenvalue weighted by Crippen LogP contribution is 2.12. The first-order valence-electron chi connectivity index (χ1n) is 9.91. The number of piperazine rings is 1. The van der Waals surface area contributed by atoms with E-state index in [0.29, 0.717) is 0 Å². The fourth-order valence-corrected chi connectivity index (χ4v) is 3.76. The van der Waals surface area contributed by atoms with Gasteiger partial charge < -0.3 is 10.2 Å². The van der Waals surface area contributed by atoms with E-state index in [2.05, 4.69) is 62.5 Å². The Labute approximate surface area is 177 Å². The van der Waals surface area contributed by atoms with Crippen LogP contribution in [0.5, 0.6) is 0 Å². The van der Waals surface area contributed by atoms with Crippen molar-refractivity contribution in [3.8, 4) is 0 Å². The molecule has 0 atom stereocenters. The van der Waals surface area contributed by atoms with E-state index in [9.17, 15) is 0 Å². The Morgan fingerprint density at radius 3 is 2.52 bits per heavy atom. The van der Waals surface area contributed by atoms with Gasteiger partial charge in [-0.1, -0.05) is 35.9 Å². The summed E-state index contributed by atoms with van der Waals surface area (Å²) in [5.41, 5.74) is 4.68. The van der Waals surface area contributed by atoms with Crippen LogP contribution in [0.4, 0.5) is 5.69 Å². The van der Waals surface area contributed by atoms with Crippen LogP contribution in [0.25, 0.3) is 0 Å². The molecule has 0 radical (unpaired) electrons. The zero-order chi connectivity index (χ0) is 20.1. The highest BCUT2D eigenvalue weighted by Gasteiger charge is 2.19. The lowest BCUT2D eigenvalue weighted by Gasteiger charge is -2.36. The number of anilines is 1. The van der Waals surface area contributed by atoms with Gasteiger partial charge in [0, 0.05) is 51.3 Å². The molecule has 1 aromatic carbocycles. The van der Waals surface area contributed by atoms with Gasteiger partial charge >= 0.3 is 0 Å². The van der Waals surface area contributed by atoms with E-state index < -0.39 is 0 Å². The number of nitrogens with zero attached hydrogens (tertiary/aromatic N) is 5. The Kier molecular flexibility index (Phi) is 6.17. The lowest BCUT2D eigenvalue weighted by atomic mass is 10.1. The number of nitrogens with one attached hydrogen (secondary N) is 1. The van der Waals surface area contributed by atoms with Crippen molar-refractivity contribution in [3.05, 3.63) is 77.9 Å². The summed E-state index contributed by atoms with van der Waals surface area (Å²) in [6.07, 6.45) is 7.59. The van der Waals surface area contributed by atoms with Crippen molar-refractivity contribution in [3.63, 3.8) is 0 Å². The lowest BCUT2D eigenvalue weighted by molar-refractivity contribution is 0.177. The second-order valence-corrected chi connectivity index (χ2v) is 7.85. The van der Waals surface area contributed by atoms with Gasteiger partial charge in [0.2, 0.25) is 0 Å². The van der Waals surface area contributed by atoms with Crippen LogP contribution < -0.4 is 5.32 Å². The van der Waals surface area contributed by atoms with Crippen molar-refractivity contribution < 1.29 is 0 Å². The summed E-state index contributed by atoms with van der Waals surface area (Å²) in [6.45, 7) is 7.61. The molecule has 7 heteroatoms. The molecule has 1 aliphatic rings. The summed E-state index contributed by atoms with van der Waals surface area (Å²) in [5, 5.41) is 8.55. The first kappa shape index (κ1) is 19.5. The van der Waals surface area contributed by atoms with Crippen LogP contribution >= 0.6 is 12.2 Å². The van der Waals surface area contributed by atoms with E-state index >= 15 is 0 Å². The van der Waals surface area contributed by atoms with Gasteiger partial charge in [0.05, 0.1) is 18.4 Å². The first-order chi connectivity index (χ1) is 14.2. The van der Waals surface area contributed by atoms with Crippen LogP contribution in [-0.4, -0.2) is 55.9 Å². The molecule has 0 saturated carbocycles. The molecule has 1 saturated heterocycles. The zero-order valence-electron chi connectivity index (χ0n) is 16.7. The predicted molar refractivity (Wildman–Crippen MR) is 120 cm³/mol. The Morgan fingerprint density at radius 2 is 1.79 bits per heavy atom. The van der Waals surface area contributed by atoms with Gasteiger partial charge in [-0.2, -0.15) is 5.10 Å². The standard InChI is InChI=1S/C22H26N6S/c1-18-4-6-19(7-5-18)16-28-17-21(14-24-28)25-22(29)27-11-9-26(10-12-27)15-20-3-2-8-23-13-20/h2-8,13-14,17H,9-12,15-16H2,1H3,(H,25,29). The Hall–Kier alpha value is -2.77. The smallest absolute Gasteiger partial charge is 0.173 e. The molecule has 0 aliphatic carbocycles. The van der Waals surface area contributed by atoms with Gasteiger partial charge in [0.15, 0.2) is 5.11 Å². The van der Waals surface area contributed by atoms with Crippen molar-refractivity contribution in [2.75, 3.05) is 31.5 Å². The van der Waals surface area contributed by atoms with E-state index in [1.165, 1.54) is 16.7 Å². The van der Waals surface area contributed by atoms with Crippen molar-refractivity contribution in [1.82, 2.24) is 24.6 Å². The van der Waals surface area contributed by atoms with Gasteiger partial charge in [-0.25, -0.2) is 0 Å². The van der Waals surface area contributed by atoms with E-state index in [1.807, 2.05) is 35.5 Å².